The Morgan fingerprint density at radius 1 is 1.14 bits per heavy atom. The predicted octanol–water partition coefficient (Wildman–Crippen LogP) is 4.06. The van der Waals surface area contributed by atoms with Crippen LogP contribution in [0.5, 0.6) is 0 Å². The van der Waals surface area contributed by atoms with E-state index in [1.54, 1.807) is 0 Å². The highest BCUT2D eigenvalue weighted by Gasteiger charge is 2.26. The highest BCUT2D eigenvalue weighted by atomic mass is 16.2. The molecule has 2 N–H and O–H groups in total. The van der Waals surface area contributed by atoms with Gasteiger partial charge in [0.1, 0.15) is 0 Å². The third kappa shape index (κ3) is 5.34. The van der Waals surface area contributed by atoms with Gasteiger partial charge in [-0.25, -0.2) is 0 Å². The number of hydrogen-bond donors (Lipinski definition) is 2. The summed E-state index contributed by atoms with van der Waals surface area (Å²) in [6, 6.07) is 7.72. The van der Waals surface area contributed by atoms with Gasteiger partial charge < -0.3 is 15.5 Å². The number of anilines is 1. The van der Waals surface area contributed by atoms with Crippen LogP contribution in [-0.4, -0.2) is 42.9 Å². The van der Waals surface area contributed by atoms with E-state index in [1.165, 1.54) is 32.1 Å². The lowest BCUT2D eigenvalue weighted by molar-refractivity contribution is -0.117. The van der Waals surface area contributed by atoms with Crippen LogP contribution in [0.3, 0.4) is 0 Å². The van der Waals surface area contributed by atoms with Gasteiger partial charge in [-0.2, -0.15) is 0 Å². The van der Waals surface area contributed by atoms with Gasteiger partial charge in [-0.1, -0.05) is 38.3 Å². The Morgan fingerprint density at radius 2 is 1.89 bits per heavy atom. The number of nitrogens with zero attached hydrogens (tertiary/aromatic N) is 1. The lowest BCUT2D eigenvalue weighted by Crippen LogP contribution is -2.38. The highest BCUT2D eigenvalue weighted by Crippen LogP contribution is 2.26. The third-order valence-corrected chi connectivity index (χ3v) is 6.52. The van der Waals surface area contributed by atoms with E-state index in [-0.39, 0.29) is 11.8 Å². The Hall–Kier alpha value is -1.88. The van der Waals surface area contributed by atoms with Crippen molar-refractivity contribution in [1.82, 2.24) is 10.2 Å². The van der Waals surface area contributed by atoms with Gasteiger partial charge in [0.2, 0.25) is 5.91 Å². The lowest BCUT2D eigenvalue weighted by Gasteiger charge is -2.31. The molecule has 2 unspecified atom stereocenters. The number of piperidine rings is 1. The summed E-state index contributed by atoms with van der Waals surface area (Å²) in [6.07, 6.45) is 8.65. The number of nitrogens with one attached hydrogen (secondary N) is 2. The van der Waals surface area contributed by atoms with Crippen molar-refractivity contribution in [3.8, 4) is 0 Å². The first-order valence-corrected chi connectivity index (χ1v) is 10.9. The molecule has 1 aliphatic carbocycles. The Labute approximate surface area is 169 Å². The van der Waals surface area contributed by atoms with Gasteiger partial charge in [0, 0.05) is 19.5 Å². The zero-order chi connectivity index (χ0) is 19.9. The van der Waals surface area contributed by atoms with Crippen LogP contribution in [0.4, 0.5) is 5.69 Å². The fraction of sp³-hybridized carbons (Fsp3) is 0.652. The fourth-order valence-corrected chi connectivity index (χ4v) is 4.63. The average Bonchev–Trinajstić information content (AvgIpc) is 2.74. The molecule has 0 bridgehead atoms. The molecule has 3 rings (SSSR count). The third-order valence-electron chi connectivity index (χ3n) is 6.52. The van der Waals surface area contributed by atoms with Crippen molar-refractivity contribution >= 4 is 17.5 Å². The Morgan fingerprint density at radius 3 is 2.61 bits per heavy atom. The van der Waals surface area contributed by atoms with Crippen LogP contribution in [0.2, 0.25) is 0 Å². The fourth-order valence-electron chi connectivity index (χ4n) is 4.63. The standard InChI is InChI=1S/C23H35N3O2/c1-17(18-9-8-14-24-16-18)15-22(27)25-21-13-7-6-12-20(21)23(28)26(2)19-10-4-3-5-11-19/h6-7,12-13,17-19,24H,3-5,8-11,14-16H2,1-2H3,(H,25,27). The molecule has 0 aromatic heterocycles. The molecule has 0 spiro atoms. The van der Waals surface area contributed by atoms with E-state index in [0.717, 1.165) is 25.9 Å². The summed E-state index contributed by atoms with van der Waals surface area (Å²) in [7, 11) is 1.90. The van der Waals surface area contributed by atoms with Crippen LogP contribution in [0, 0.1) is 11.8 Å². The van der Waals surface area contributed by atoms with Crippen LogP contribution >= 0.6 is 0 Å². The minimum absolute atomic E-state index is 0.00126. The first kappa shape index (κ1) is 20.8. The average molecular weight is 386 g/mol. The van der Waals surface area contributed by atoms with Gasteiger partial charge in [0.15, 0.2) is 0 Å². The first-order valence-electron chi connectivity index (χ1n) is 10.9. The second kappa shape index (κ2) is 10.1. The van der Waals surface area contributed by atoms with Gasteiger partial charge in [0.05, 0.1) is 11.3 Å². The Bertz CT molecular complexity index is 664. The van der Waals surface area contributed by atoms with E-state index in [9.17, 15) is 9.59 Å². The second-order valence-electron chi connectivity index (χ2n) is 8.59. The zero-order valence-corrected chi connectivity index (χ0v) is 17.4. The van der Waals surface area contributed by atoms with Crippen LogP contribution in [0.1, 0.15) is 68.6 Å². The van der Waals surface area contributed by atoms with Gasteiger partial charge in [-0.3, -0.25) is 9.59 Å². The molecule has 1 saturated heterocycles. The predicted molar refractivity (Wildman–Crippen MR) is 113 cm³/mol. The molecule has 28 heavy (non-hydrogen) atoms. The van der Waals surface area contributed by atoms with Gasteiger partial charge in [-0.15, -0.1) is 0 Å². The van der Waals surface area contributed by atoms with Gasteiger partial charge in [0.25, 0.3) is 5.91 Å². The summed E-state index contributed by atoms with van der Waals surface area (Å²) < 4.78 is 0. The maximum atomic E-state index is 13.1. The lowest BCUT2D eigenvalue weighted by atomic mass is 9.85. The largest absolute Gasteiger partial charge is 0.339 e. The minimum atomic E-state index is -0.00126. The molecule has 5 heteroatoms. The van der Waals surface area contributed by atoms with Crippen molar-refractivity contribution in [1.29, 1.82) is 0 Å². The van der Waals surface area contributed by atoms with Crippen LogP contribution in [0.15, 0.2) is 24.3 Å². The molecule has 2 amide bonds. The number of carbonyl (C=O) groups excluding carboxylic acids is 2. The minimum Gasteiger partial charge on any atom is -0.339 e. The topological polar surface area (TPSA) is 61.4 Å². The normalized spacial score (nSPS) is 21.7. The van der Waals surface area contributed by atoms with Gasteiger partial charge >= 0.3 is 0 Å². The molecule has 2 fully saturated rings. The molecular formula is C23H35N3O2. The van der Waals surface area contributed by atoms with Crippen LogP contribution in [0.25, 0.3) is 0 Å². The van der Waals surface area contributed by atoms with Crippen molar-refractivity contribution in [2.45, 2.75) is 64.3 Å². The van der Waals surface area contributed by atoms with E-state index in [0.29, 0.717) is 35.5 Å². The quantitative estimate of drug-likeness (QED) is 0.776. The molecule has 1 aliphatic heterocycles. The summed E-state index contributed by atoms with van der Waals surface area (Å²) in [5.74, 6) is 0.889. The monoisotopic (exact) mass is 385 g/mol. The van der Waals surface area contributed by atoms with Gasteiger partial charge in [-0.05, 0) is 62.7 Å². The van der Waals surface area contributed by atoms with Crippen molar-refractivity contribution in [2.24, 2.45) is 11.8 Å². The van der Waals surface area contributed by atoms with Crippen LogP contribution in [-0.2, 0) is 4.79 Å². The molecular weight excluding hydrogens is 350 g/mol. The van der Waals surface area contributed by atoms with Crippen LogP contribution < -0.4 is 10.6 Å². The molecule has 2 atom stereocenters. The molecule has 1 saturated carbocycles. The van der Waals surface area contributed by atoms with Crippen molar-refractivity contribution in [3.63, 3.8) is 0 Å². The summed E-state index contributed by atoms with van der Waals surface area (Å²) in [4.78, 5) is 27.6. The number of rotatable bonds is 6. The van der Waals surface area contributed by atoms with E-state index >= 15 is 0 Å². The van der Waals surface area contributed by atoms with E-state index in [2.05, 4.69) is 17.6 Å². The van der Waals surface area contributed by atoms with Crippen molar-refractivity contribution < 1.29 is 9.59 Å². The molecule has 154 valence electrons. The molecule has 1 aromatic rings. The highest BCUT2D eigenvalue weighted by molar-refractivity contribution is 6.03. The molecule has 0 radical (unpaired) electrons. The molecule has 1 heterocycles. The number of amides is 2. The maximum absolute atomic E-state index is 13.1. The zero-order valence-electron chi connectivity index (χ0n) is 17.4. The number of carbonyl (C=O) groups is 2. The SMILES string of the molecule is CC(CC(=O)Nc1ccccc1C(=O)N(C)C1CCCCC1)C1CCCNC1. The van der Waals surface area contributed by atoms with E-state index in [1.807, 2.05) is 36.2 Å². The Kier molecular flexibility index (Phi) is 7.49. The summed E-state index contributed by atoms with van der Waals surface area (Å²) in [5.41, 5.74) is 1.23. The van der Waals surface area contributed by atoms with Crippen molar-refractivity contribution in [2.75, 3.05) is 25.5 Å². The number of para-hydroxylation sites is 1. The summed E-state index contributed by atoms with van der Waals surface area (Å²) in [5, 5.41) is 6.44. The van der Waals surface area contributed by atoms with E-state index < -0.39 is 0 Å². The second-order valence-corrected chi connectivity index (χ2v) is 8.59. The first-order chi connectivity index (χ1) is 13.6. The number of benzene rings is 1. The van der Waals surface area contributed by atoms with E-state index in [4.69, 9.17) is 0 Å². The smallest absolute Gasteiger partial charge is 0.255 e. The Balaban J connectivity index is 1.62. The maximum Gasteiger partial charge on any atom is 0.255 e. The molecule has 1 aromatic carbocycles. The van der Waals surface area contributed by atoms with Crippen molar-refractivity contribution in [3.05, 3.63) is 29.8 Å². The summed E-state index contributed by atoms with van der Waals surface area (Å²) >= 11 is 0. The number of hydrogen-bond acceptors (Lipinski definition) is 3. The summed E-state index contributed by atoms with van der Waals surface area (Å²) in [6.45, 7) is 4.24. The molecule has 2 aliphatic rings. The molecule has 5 nitrogen and oxygen atoms in total.